The third-order valence-electron chi connectivity index (χ3n) is 2.78. The number of benzene rings is 1. The molecule has 0 aliphatic rings. The molecule has 1 heterocycles. The van der Waals surface area contributed by atoms with Gasteiger partial charge in [0.25, 0.3) is 0 Å². The highest BCUT2D eigenvalue weighted by Gasteiger charge is 2.13. The topological polar surface area (TPSA) is 65.5 Å². The number of rotatable bonds is 8. The van der Waals surface area contributed by atoms with Gasteiger partial charge in [-0.25, -0.2) is 9.78 Å². The third kappa shape index (κ3) is 5.81. The molecule has 0 fully saturated rings. The molecule has 0 atom stereocenters. The van der Waals surface area contributed by atoms with E-state index >= 15 is 0 Å². The summed E-state index contributed by atoms with van der Waals surface area (Å²) in [6.45, 7) is 2.08. The summed E-state index contributed by atoms with van der Waals surface area (Å²) in [6.07, 6.45) is 0.269. The van der Waals surface area contributed by atoms with E-state index in [-0.39, 0.29) is 24.0 Å². The predicted octanol–water partition coefficient (Wildman–Crippen LogP) is 4.20. The van der Waals surface area contributed by atoms with Gasteiger partial charge in [0, 0.05) is 16.0 Å². The first-order valence-corrected chi connectivity index (χ1v) is 9.49. The Kier molecular flexibility index (Phi) is 7.55. The summed E-state index contributed by atoms with van der Waals surface area (Å²) in [7, 11) is 0. The Labute approximate surface area is 153 Å². The Morgan fingerprint density at radius 1 is 1.29 bits per heavy atom. The molecule has 0 unspecified atom stereocenters. The maximum atomic E-state index is 11.8. The molecule has 0 saturated carbocycles. The highest BCUT2D eigenvalue weighted by molar-refractivity contribution is 7.99. The summed E-state index contributed by atoms with van der Waals surface area (Å²) in [5.41, 5.74) is 0.537. The summed E-state index contributed by atoms with van der Waals surface area (Å²) < 4.78 is 10.0. The smallest absolute Gasteiger partial charge is 0.367 e. The zero-order valence-corrected chi connectivity index (χ0v) is 15.4. The number of nitrogens with zero attached hydrogens (tertiary/aromatic N) is 1. The Balaban J connectivity index is 1.71. The Hall–Kier alpha value is -1.57. The van der Waals surface area contributed by atoms with Crippen molar-refractivity contribution in [2.45, 2.75) is 24.8 Å². The van der Waals surface area contributed by atoms with Gasteiger partial charge >= 0.3 is 11.9 Å². The van der Waals surface area contributed by atoms with Crippen LogP contribution in [0.5, 0.6) is 0 Å². The van der Waals surface area contributed by atoms with Crippen LogP contribution in [0.4, 0.5) is 0 Å². The lowest BCUT2D eigenvalue weighted by Gasteiger charge is -2.04. The zero-order valence-electron chi connectivity index (χ0n) is 13.0. The van der Waals surface area contributed by atoms with Crippen LogP contribution < -0.4 is 0 Å². The van der Waals surface area contributed by atoms with Gasteiger partial charge in [-0.1, -0.05) is 23.7 Å². The average molecular weight is 386 g/mol. The molecule has 0 saturated heterocycles. The van der Waals surface area contributed by atoms with Crippen LogP contribution in [0.2, 0.25) is 5.02 Å². The number of hydrogen-bond donors (Lipinski definition) is 0. The van der Waals surface area contributed by atoms with E-state index in [4.69, 9.17) is 21.1 Å². The van der Waals surface area contributed by atoms with E-state index in [0.29, 0.717) is 23.1 Å². The van der Waals surface area contributed by atoms with Gasteiger partial charge in [0.2, 0.25) is 5.01 Å². The van der Waals surface area contributed by atoms with Gasteiger partial charge in [-0.15, -0.1) is 23.1 Å². The molecule has 5 nitrogen and oxygen atoms in total. The fourth-order valence-corrected chi connectivity index (χ4v) is 3.55. The summed E-state index contributed by atoms with van der Waals surface area (Å²) >= 11 is 8.72. The highest BCUT2D eigenvalue weighted by atomic mass is 35.5. The third-order valence-corrected chi connectivity index (χ3v) is 5.17. The standard InChI is InChI=1S/C16H16ClNO4S2/c1-2-21-16(20)15-18-11(10-24-15)9-22-14(19)7-8-23-13-6-4-3-5-12(13)17/h3-6,10H,2,7-9H2,1H3. The lowest BCUT2D eigenvalue weighted by Crippen LogP contribution is -2.07. The van der Waals surface area contributed by atoms with Crippen LogP contribution in [0.1, 0.15) is 28.8 Å². The largest absolute Gasteiger partial charge is 0.461 e. The SMILES string of the molecule is CCOC(=O)c1nc(COC(=O)CCSc2ccccc2Cl)cs1. The lowest BCUT2D eigenvalue weighted by molar-refractivity contribution is -0.144. The van der Waals surface area contributed by atoms with Crippen molar-refractivity contribution in [3.05, 3.63) is 45.4 Å². The van der Waals surface area contributed by atoms with E-state index in [1.165, 1.54) is 23.1 Å². The summed E-state index contributed by atoms with van der Waals surface area (Å²) in [5, 5.41) is 2.61. The minimum absolute atomic E-state index is 0.0471. The first kappa shape index (κ1) is 18.8. The molecule has 1 aromatic carbocycles. The first-order valence-electron chi connectivity index (χ1n) is 7.24. The maximum Gasteiger partial charge on any atom is 0.367 e. The van der Waals surface area contributed by atoms with E-state index in [0.717, 1.165) is 4.90 Å². The summed E-state index contributed by atoms with van der Waals surface area (Å²) in [5.74, 6) is -0.204. The van der Waals surface area contributed by atoms with Gasteiger partial charge in [-0.05, 0) is 19.1 Å². The van der Waals surface area contributed by atoms with E-state index in [9.17, 15) is 9.59 Å². The monoisotopic (exact) mass is 385 g/mol. The average Bonchev–Trinajstić information content (AvgIpc) is 3.04. The Morgan fingerprint density at radius 3 is 2.83 bits per heavy atom. The van der Waals surface area contributed by atoms with Crippen molar-refractivity contribution in [3.63, 3.8) is 0 Å². The molecule has 0 N–H and O–H groups in total. The molecule has 24 heavy (non-hydrogen) atoms. The lowest BCUT2D eigenvalue weighted by atomic mass is 10.4. The van der Waals surface area contributed by atoms with Crippen LogP contribution in [-0.4, -0.2) is 29.3 Å². The van der Waals surface area contributed by atoms with E-state index in [2.05, 4.69) is 4.98 Å². The quantitative estimate of drug-likeness (QED) is 0.501. The molecule has 0 spiro atoms. The number of esters is 2. The van der Waals surface area contributed by atoms with Crippen molar-refractivity contribution < 1.29 is 19.1 Å². The number of aromatic nitrogens is 1. The molecule has 0 aliphatic heterocycles. The van der Waals surface area contributed by atoms with Gasteiger partial charge < -0.3 is 9.47 Å². The number of thioether (sulfide) groups is 1. The minimum atomic E-state index is -0.462. The molecule has 0 aliphatic carbocycles. The van der Waals surface area contributed by atoms with Gasteiger partial charge in [-0.3, -0.25) is 4.79 Å². The molecular formula is C16H16ClNO4S2. The van der Waals surface area contributed by atoms with Gasteiger partial charge in [0.1, 0.15) is 6.61 Å². The zero-order chi connectivity index (χ0) is 17.4. The van der Waals surface area contributed by atoms with Crippen LogP contribution in [0, 0.1) is 0 Å². The van der Waals surface area contributed by atoms with Crippen molar-refractivity contribution >= 4 is 46.6 Å². The second-order valence-corrected chi connectivity index (χ2v) is 6.96. The van der Waals surface area contributed by atoms with Crippen molar-refractivity contribution in [1.82, 2.24) is 4.98 Å². The fourth-order valence-electron chi connectivity index (χ4n) is 1.69. The van der Waals surface area contributed by atoms with Gasteiger partial charge in [0.15, 0.2) is 0 Å². The molecule has 128 valence electrons. The van der Waals surface area contributed by atoms with Gasteiger partial charge in [0.05, 0.1) is 23.7 Å². The van der Waals surface area contributed by atoms with Crippen molar-refractivity contribution in [2.24, 2.45) is 0 Å². The number of carbonyl (C=O) groups is 2. The van der Waals surface area contributed by atoms with Crippen LogP contribution in [0.25, 0.3) is 0 Å². The van der Waals surface area contributed by atoms with Crippen LogP contribution >= 0.6 is 34.7 Å². The molecule has 8 heteroatoms. The molecule has 2 aromatic rings. The number of ether oxygens (including phenoxy) is 2. The number of hydrogen-bond acceptors (Lipinski definition) is 7. The fraction of sp³-hybridized carbons (Fsp3) is 0.312. The Morgan fingerprint density at radius 2 is 2.08 bits per heavy atom. The summed E-state index contributed by atoms with van der Waals surface area (Å²) in [4.78, 5) is 28.3. The van der Waals surface area contributed by atoms with Crippen molar-refractivity contribution in [3.8, 4) is 0 Å². The molecule has 0 radical (unpaired) electrons. The van der Waals surface area contributed by atoms with E-state index in [1.807, 2.05) is 24.3 Å². The van der Waals surface area contributed by atoms with Crippen LogP contribution in [-0.2, 0) is 20.9 Å². The highest BCUT2D eigenvalue weighted by Crippen LogP contribution is 2.27. The predicted molar refractivity (Wildman–Crippen MR) is 94.7 cm³/mol. The van der Waals surface area contributed by atoms with E-state index in [1.54, 1.807) is 12.3 Å². The Bertz CT molecular complexity index is 705. The number of thiazole rings is 1. The molecule has 2 rings (SSSR count). The van der Waals surface area contributed by atoms with Crippen LogP contribution in [0.3, 0.4) is 0 Å². The van der Waals surface area contributed by atoms with Crippen molar-refractivity contribution in [2.75, 3.05) is 12.4 Å². The maximum absolute atomic E-state index is 11.8. The molecule has 0 bridgehead atoms. The molecule has 0 amide bonds. The summed E-state index contributed by atoms with van der Waals surface area (Å²) in [6, 6.07) is 7.48. The molecular weight excluding hydrogens is 370 g/mol. The second-order valence-electron chi connectivity index (χ2n) is 4.55. The second kappa shape index (κ2) is 9.66. The molecule has 1 aromatic heterocycles. The minimum Gasteiger partial charge on any atom is -0.461 e. The normalized spacial score (nSPS) is 10.4. The van der Waals surface area contributed by atoms with Gasteiger partial charge in [-0.2, -0.15) is 0 Å². The number of carbonyl (C=O) groups excluding carboxylic acids is 2. The van der Waals surface area contributed by atoms with E-state index < -0.39 is 5.97 Å². The van der Waals surface area contributed by atoms with Crippen LogP contribution in [0.15, 0.2) is 34.5 Å². The number of halogens is 1. The first-order chi connectivity index (χ1) is 11.6. The van der Waals surface area contributed by atoms with Crippen molar-refractivity contribution in [1.29, 1.82) is 0 Å².